The number of aryl methyl sites for hydroxylation is 1. The van der Waals surface area contributed by atoms with Gasteiger partial charge in [0.25, 0.3) is 0 Å². The predicted molar refractivity (Wildman–Crippen MR) is 172 cm³/mol. The van der Waals surface area contributed by atoms with Crippen LogP contribution in [0, 0.1) is 23.7 Å². The fourth-order valence-electron chi connectivity index (χ4n) is 4.00. The van der Waals surface area contributed by atoms with Crippen molar-refractivity contribution in [2.75, 3.05) is 0 Å². The van der Waals surface area contributed by atoms with E-state index in [9.17, 15) is 19.2 Å². The molecule has 0 N–H and O–H groups in total. The lowest BCUT2D eigenvalue weighted by Crippen LogP contribution is -2.09. The van der Waals surface area contributed by atoms with E-state index in [1.54, 1.807) is 35.5 Å². The number of ether oxygens (including phenoxy) is 4. The third-order valence-electron chi connectivity index (χ3n) is 6.65. The number of hydrogen-bond acceptors (Lipinski definition) is 11. The van der Waals surface area contributed by atoms with E-state index < -0.39 is 23.9 Å². The van der Waals surface area contributed by atoms with Crippen LogP contribution in [0.1, 0.15) is 58.2 Å². The Morgan fingerprint density at radius 1 is 0.688 bits per heavy atom. The van der Waals surface area contributed by atoms with Gasteiger partial charge in [0.1, 0.15) is 43.5 Å². The van der Waals surface area contributed by atoms with E-state index in [2.05, 4.69) is 64.9 Å². The van der Waals surface area contributed by atoms with Crippen LogP contribution in [-0.2, 0) is 85.1 Å². The minimum Gasteiger partial charge on any atom is -0.456 e. The summed E-state index contributed by atoms with van der Waals surface area (Å²) in [6.07, 6.45) is 6.36. The first-order chi connectivity index (χ1) is 23.0. The molecule has 0 saturated carbocycles. The van der Waals surface area contributed by atoms with E-state index in [-0.39, 0.29) is 26.4 Å². The second kappa shape index (κ2) is 17.3. The van der Waals surface area contributed by atoms with Gasteiger partial charge in [-0.15, -0.1) is 0 Å². The second-order valence-electron chi connectivity index (χ2n) is 9.60. The molecular weight excluding hydrogens is 618 g/mol. The summed E-state index contributed by atoms with van der Waals surface area (Å²) in [4.78, 5) is 59.9. The zero-order valence-electron chi connectivity index (χ0n) is 26.8. The van der Waals surface area contributed by atoms with Gasteiger partial charge in [-0.3, -0.25) is 0 Å². The van der Waals surface area contributed by atoms with E-state index >= 15 is 0 Å². The molecule has 0 fully saturated rings. The Hall–Kier alpha value is -6.47. The molecule has 3 aromatic heterocycles. The molecular formula is C35H33N5O8. The molecule has 0 aliphatic carbocycles. The number of nitrogens with zero attached hydrogens (tertiary/aromatic N) is 5. The third-order valence-corrected chi connectivity index (χ3v) is 6.65. The molecule has 0 aromatic carbocycles. The summed E-state index contributed by atoms with van der Waals surface area (Å²) in [5, 5.41) is 0. The Morgan fingerprint density at radius 2 is 1.10 bits per heavy atom. The number of esters is 4. The summed E-state index contributed by atoms with van der Waals surface area (Å²) in [6.45, 7) is 14.9. The monoisotopic (exact) mass is 651 g/mol. The summed E-state index contributed by atoms with van der Waals surface area (Å²) in [6, 6.07) is 1.80. The molecule has 0 unspecified atom stereocenters. The van der Waals surface area contributed by atoms with Gasteiger partial charge >= 0.3 is 23.9 Å². The van der Waals surface area contributed by atoms with Crippen LogP contribution in [0.25, 0.3) is 0 Å². The van der Waals surface area contributed by atoms with Gasteiger partial charge in [0, 0.05) is 50.2 Å². The van der Waals surface area contributed by atoms with Gasteiger partial charge < -0.3 is 28.1 Å². The zero-order chi connectivity index (χ0) is 35.2. The molecule has 0 atom stereocenters. The maximum atomic E-state index is 11.7. The Morgan fingerprint density at radius 3 is 1.52 bits per heavy atom. The van der Waals surface area contributed by atoms with Crippen LogP contribution in [0.15, 0.2) is 62.9 Å². The van der Waals surface area contributed by atoms with E-state index in [4.69, 9.17) is 18.9 Å². The highest BCUT2D eigenvalue weighted by molar-refractivity contribution is 5.82. The Balaban J connectivity index is 1.92. The highest BCUT2D eigenvalue weighted by Crippen LogP contribution is 2.16. The van der Waals surface area contributed by atoms with Crippen molar-refractivity contribution < 1.29 is 38.1 Å². The Bertz CT molecular complexity index is 1910. The van der Waals surface area contributed by atoms with Crippen LogP contribution in [0.2, 0.25) is 0 Å². The molecule has 0 aliphatic heterocycles. The lowest BCUT2D eigenvalue weighted by atomic mass is 10.1. The van der Waals surface area contributed by atoms with Crippen molar-refractivity contribution in [2.24, 2.45) is 14.1 Å². The third kappa shape index (κ3) is 9.52. The van der Waals surface area contributed by atoms with Crippen LogP contribution in [0.4, 0.5) is 0 Å². The molecule has 3 rings (SSSR count). The van der Waals surface area contributed by atoms with Gasteiger partial charge in [0.2, 0.25) is 0 Å². The molecule has 0 radical (unpaired) electrons. The number of carbonyl (C=O) groups excluding carboxylic acids is 4. The van der Waals surface area contributed by atoms with Gasteiger partial charge in [-0.2, -0.15) is 0 Å². The van der Waals surface area contributed by atoms with Gasteiger partial charge in [0.15, 0.2) is 11.6 Å². The molecule has 13 heteroatoms. The van der Waals surface area contributed by atoms with Gasteiger partial charge in [-0.05, 0) is 35.8 Å². The highest BCUT2D eigenvalue weighted by Gasteiger charge is 2.18. The second-order valence-corrected chi connectivity index (χ2v) is 9.60. The SMILES string of the molecule is C=CC(=O)OCc1nc(C#Cc2cc(CC)c(C#Cc3nc(COC(=O)C=C)c(COC(=O)C=C)n3C)cn2)n(C)c1COC(=O)C=C. The van der Waals surface area contributed by atoms with E-state index in [0.29, 0.717) is 52.1 Å². The number of pyridine rings is 1. The maximum absolute atomic E-state index is 11.7. The molecule has 13 nitrogen and oxygen atoms in total. The molecule has 0 amide bonds. The van der Waals surface area contributed by atoms with Crippen molar-refractivity contribution >= 4 is 23.9 Å². The maximum Gasteiger partial charge on any atom is 0.330 e. The average Bonchev–Trinajstić information content (AvgIpc) is 3.58. The lowest BCUT2D eigenvalue weighted by molar-refractivity contribution is -0.140. The number of imidazole rings is 2. The largest absolute Gasteiger partial charge is 0.456 e. The van der Waals surface area contributed by atoms with E-state index in [1.807, 2.05) is 6.92 Å². The first-order valence-corrected chi connectivity index (χ1v) is 14.3. The molecule has 0 saturated heterocycles. The topological polar surface area (TPSA) is 154 Å². The smallest absolute Gasteiger partial charge is 0.330 e. The number of hydrogen-bond donors (Lipinski definition) is 0. The number of aromatic nitrogens is 5. The number of rotatable bonds is 13. The van der Waals surface area contributed by atoms with Gasteiger partial charge in [-0.25, -0.2) is 34.1 Å². The fourth-order valence-corrected chi connectivity index (χ4v) is 4.00. The molecule has 0 aliphatic rings. The molecule has 0 spiro atoms. The fraction of sp³-hybridized carbons (Fsp3) is 0.229. The predicted octanol–water partition coefficient (Wildman–Crippen LogP) is 2.83. The van der Waals surface area contributed by atoms with Gasteiger partial charge in [0.05, 0.1) is 11.4 Å². The van der Waals surface area contributed by atoms with Crippen LogP contribution >= 0.6 is 0 Å². The zero-order valence-corrected chi connectivity index (χ0v) is 26.8. The molecule has 48 heavy (non-hydrogen) atoms. The molecule has 3 heterocycles. The van der Waals surface area contributed by atoms with Crippen LogP contribution in [-0.4, -0.2) is 48.0 Å². The number of carbonyl (C=O) groups is 4. The van der Waals surface area contributed by atoms with Crippen LogP contribution in [0.5, 0.6) is 0 Å². The highest BCUT2D eigenvalue weighted by atomic mass is 16.5. The molecule has 246 valence electrons. The Kier molecular flexibility index (Phi) is 13.0. The summed E-state index contributed by atoms with van der Waals surface area (Å²) in [5.41, 5.74) is 3.66. The molecule has 0 bridgehead atoms. The molecule has 3 aromatic rings. The Labute approximate surface area is 277 Å². The first kappa shape index (κ1) is 36.0. The normalized spacial score (nSPS) is 9.90. The van der Waals surface area contributed by atoms with Crippen molar-refractivity contribution in [3.63, 3.8) is 0 Å². The van der Waals surface area contributed by atoms with Gasteiger partial charge in [-0.1, -0.05) is 39.2 Å². The summed E-state index contributed by atoms with van der Waals surface area (Å²) < 4.78 is 23.9. The van der Waals surface area contributed by atoms with Crippen molar-refractivity contribution in [3.8, 4) is 23.7 Å². The van der Waals surface area contributed by atoms with Crippen molar-refractivity contribution in [3.05, 3.63) is 114 Å². The van der Waals surface area contributed by atoms with Crippen molar-refractivity contribution in [2.45, 2.75) is 39.8 Å². The summed E-state index contributed by atoms with van der Waals surface area (Å²) >= 11 is 0. The minimum absolute atomic E-state index is 0.134. The van der Waals surface area contributed by atoms with Crippen LogP contribution < -0.4 is 0 Å². The summed E-state index contributed by atoms with van der Waals surface area (Å²) in [5.74, 6) is 10.2. The van der Waals surface area contributed by atoms with E-state index in [0.717, 1.165) is 29.9 Å². The standard InChI is InChI=1S/C35H33N5O8/c1-8-23-17-25(14-16-31-38-27(20-46-33(42)10-3)29(40(31)7)22-48-35(44)12-5)36-18-24(23)13-15-30-37-26(19-45-32(41)9-2)28(39(30)6)21-47-34(43)11-4/h9-12,17-18H,2-5,8,19-22H2,1,6-7H3. The van der Waals surface area contributed by atoms with Crippen molar-refractivity contribution in [1.82, 2.24) is 24.1 Å². The first-order valence-electron chi connectivity index (χ1n) is 14.3. The lowest BCUT2D eigenvalue weighted by Gasteiger charge is -2.07. The quantitative estimate of drug-likeness (QED) is 0.116. The average molecular weight is 652 g/mol. The summed E-state index contributed by atoms with van der Waals surface area (Å²) in [7, 11) is 3.39. The van der Waals surface area contributed by atoms with Crippen molar-refractivity contribution in [1.29, 1.82) is 0 Å². The van der Waals surface area contributed by atoms with Crippen LogP contribution in [0.3, 0.4) is 0 Å². The van der Waals surface area contributed by atoms with E-state index in [1.165, 1.54) is 0 Å². The minimum atomic E-state index is -0.631.